The number of aliphatic hydroxyl groups is 2. The number of halogens is 1. The Bertz CT molecular complexity index is 1230. The van der Waals surface area contributed by atoms with Crippen molar-refractivity contribution in [2.75, 3.05) is 11.9 Å². The fourth-order valence-corrected chi connectivity index (χ4v) is 5.79. The monoisotopic (exact) mass is 512 g/mol. The molecule has 2 amide bonds. The molecular weight excluding hydrogens is 483 g/mol. The number of hydrogen-bond donors (Lipinski definition) is 4. The van der Waals surface area contributed by atoms with Crippen molar-refractivity contribution in [2.45, 2.75) is 69.6 Å². The van der Waals surface area contributed by atoms with Gasteiger partial charge in [0.25, 0.3) is 10.0 Å². The minimum atomic E-state index is -4.44. The van der Waals surface area contributed by atoms with E-state index >= 15 is 0 Å². The lowest BCUT2D eigenvalue weighted by Crippen LogP contribution is -2.35. The summed E-state index contributed by atoms with van der Waals surface area (Å²) in [6.07, 6.45) is -0.0970. The maximum Gasteiger partial charge on any atom is 0.333 e. The van der Waals surface area contributed by atoms with Crippen LogP contribution in [-0.4, -0.2) is 36.3 Å². The third-order valence-electron chi connectivity index (χ3n) is 4.89. The number of nitrogens with zero attached hydrogens (tertiary/aromatic N) is 2. The second-order valence-corrected chi connectivity index (χ2v) is 11.8. The number of carbonyl (C=O) groups excluding carboxylic acids is 1. The normalized spacial score (nSPS) is 12.2. The second kappa shape index (κ2) is 10.4. The minimum Gasteiger partial charge on any atom is -0.396 e. The Hall–Kier alpha value is -2.59. The van der Waals surface area contributed by atoms with Gasteiger partial charge in [0.1, 0.15) is 22.5 Å². The lowest BCUT2D eigenvalue weighted by atomic mass is 9.90. The zero-order valence-electron chi connectivity index (χ0n) is 19.9. The Morgan fingerprint density at radius 3 is 2.38 bits per heavy atom. The molecule has 186 valence electrons. The molecule has 0 bridgehead atoms. The van der Waals surface area contributed by atoms with E-state index in [1.54, 1.807) is 27.7 Å². The summed E-state index contributed by atoms with van der Waals surface area (Å²) >= 11 is 0.686. The van der Waals surface area contributed by atoms with E-state index in [9.17, 15) is 33.1 Å². The summed E-state index contributed by atoms with van der Waals surface area (Å²) in [5, 5.41) is 31.3. The summed E-state index contributed by atoms with van der Waals surface area (Å²) in [6, 6.07) is 2.03. The number of thiazole rings is 1. The van der Waals surface area contributed by atoms with Crippen molar-refractivity contribution >= 4 is 33.1 Å². The minimum absolute atomic E-state index is 0.0140. The average Bonchev–Trinajstić information content (AvgIpc) is 3.13. The van der Waals surface area contributed by atoms with E-state index in [4.69, 9.17) is 0 Å². The maximum absolute atomic E-state index is 15.0. The molecule has 1 aromatic carbocycles. The highest BCUT2D eigenvalue weighted by atomic mass is 32.2. The lowest BCUT2D eigenvalue weighted by molar-refractivity contribution is 0.0780. The summed E-state index contributed by atoms with van der Waals surface area (Å²) in [7, 11) is -4.44. The number of urea groups is 1. The quantitative estimate of drug-likeness (QED) is 0.421. The van der Waals surface area contributed by atoms with Crippen LogP contribution >= 0.6 is 11.3 Å². The SMILES string of the molecule is CC(C)c1cc(C#N)c(F)c(C(C)C)c1NC(=O)NS(=O)(=O)c1sc(C(C)(C)O)nc1CCO. The first-order valence-electron chi connectivity index (χ1n) is 10.6. The average molecular weight is 513 g/mol. The number of aromatic nitrogens is 1. The highest BCUT2D eigenvalue weighted by Gasteiger charge is 2.31. The molecule has 0 fully saturated rings. The molecule has 1 heterocycles. The van der Waals surface area contributed by atoms with Crippen LogP contribution in [0.5, 0.6) is 0 Å². The number of nitriles is 1. The molecule has 12 heteroatoms. The lowest BCUT2D eigenvalue weighted by Gasteiger charge is -2.22. The Morgan fingerprint density at radius 2 is 1.91 bits per heavy atom. The molecule has 0 spiro atoms. The van der Waals surface area contributed by atoms with Gasteiger partial charge >= 0.3 is 6.03 Å². The van der Waals surface area contributed by atoms with Crippen molar-refractivity contribution in [1.82, 2.24) is 9.71 Å². The molecular formula is C22H29FN4O5S2. The van der Waals surface area contributed by atoms with Crippen molar-refractivity contribution in [3.63, 3.8) is 0 Å². The van der Waals surface area contributed by atoms with E-state index in [1.807, 2.05) is 10.8 Å². The number of hydrogen-bond acceptors (Lipinski definition) is 8. The topological polar surface area (TPSA) is 152 Å². The summed E-state index contributed by atoms with van der Waals surface area (Å²) in [4.78, 5) is 16.9. The molecule has 9 nitrogen and oxygen atoms in total. The van der Waals surface area contributed by atoms with Gasteiger partial charge in [0.2, 0.25) is 0 Å². The first-order valence-corrected chi connectivity index (χ1v) is 12.9. The molecule has 2 rings (SSSR count). The highest BCUT2D eigenvalue weighted by Crippen LogP contribution is 2.37. The molecule has 0 saturated heterocycles. The predicted molar refractivity (Wildman–Crippen MR) is 127 cm³/mol. The van der Waals surface area contributed by atoms with E-state index in [1.165, 1.54) is 19.9 Å². The third-order valence-corrected chi connectivity index (χ3v) is 8.19. The van der Waals surface area contributed by atoms with Gasteiger partial charge in [0, 0.05) is 18.6 Å². The van der Waals surface area contributed by atoms with Crippen LogP contribution in [0.2, 0.25) is 0 Å². The van der Waals surface area contributed by atoms with Crippen LogP contribution in [0.4, 0.5) is 14.9 Å². The van der Waals surface area contributed by atoms with Crippen LogP contribution in [0, 0.1) is 17.1 Å². The van der Waals surface area contributed by atoms with Gasteiger partial charge < -0.3 is 15.5 Å². The Kier molecular flexibility index (Phi) is 8.42. The largest absolute Gasteiger partial charge is 0.396 e. The van der Waals surface area contributed by atoms with Gasteiger partial charge in [-0.1, -0.05) is 27.7 Å². The highest BCUT2D eigenvalue weighted by molar-refractivity contribution is 7.92. The molecule has 1 aromatic heterocycles. The van der Waals surface area contributed by atoms with Crippen molar-refractivity contribution < 1.29 is 27.8 Å². The third kappa shape index (κ3) is 5.90. The predicted octanol–water partition coefficient (Wildman–Crippen LogP) is 3.67. The van der Waals surface area contributed by atoms with Crippen LogP contribution in [0.1, 0.15) is 80.8 Å². The smallest absolute Gasteiger partial charge is 0.333 e. The molecule has 0 atom stereocenters. The molecule has 34 heavy (non-hydrogen) atoms. The Balaban J connectivity index is 2.50. The van der Waals surface area contributed by atoms with Gasteiger partial charge in [0.05, 0.1) is 16.9 Å². The van der Waals surface area contributed by atoms with Crippen LogP contribution < -0.4 is 10.0 Å². The molecule has 0 aliphatic carbocycles. The summed E-state index contributed by atoms with van der Waals surface area (Å²) in [5.74, 6) is -1.39. The molecule has 0 aliphatic rings. The van der Waals surface area contributed by atoms with E-state index in [-0.39, 0.29) is 50.7 Å². The fourth-order valence-electron chi connectivity index (χ4n) is 3.30. The Morgan fingerprint density at radius 1 is 1.29 bits per heavy atom. The molecule has 0 radical (unpaired) electrons. The zero-order valence-corrected chi connectivity index (χ0v) is 21.5. The second-order valence-electron chi connectivity index (χ2n) is 8.88. The van der Waals surface area contributed by atoms with E-state index in [2.05, 4.69) is 10.3 Å². The van der Waals surface area contributed by atoms with Crippen molar-refractivity contribution in [3.8, 4) is 6.07 Å². The van der Waals surface area contributed by atoms with Gasteiger partial charge in [-0.2, -0.15) is 5.26 Å². The van der Waals surface area contributed by atoms with Gasteiger partial charge in [-0.25, -0.2) is 27.3 Å². The van der Waals surface area contributed by atoms with E-state index in [0.717, 1.165) is 0 Å². The number of amides is 2. The maximum atomic E-state index is 15.0. The van der Waals surface area contributed by atoms with Gasteiger partial charge in [-0.15, -0.1) is 11.3 Å². The summed E-state index contributed by atoms with van der Waals surface area (Å²) in [5.41, 5.74) is -0.895. The molecule has 0 saturated carbocycles. The number of anilines is 1. The van der Waals surface area contributed by atoms with Crippen LogP contribution in [0.15, 0.2) is 10.3 Å². The van der Waals surface area contributed by atoms with Crippen molar-refractivity contribution in [1.29, 1.82) is 5.26 Å². The zero-order chi connectivity index (χ0) is 26.0. The van der Waals surface area contributed by atoms with Gasteiger partial charge in [-0.3, -0.25) is 0 Å². The number of carbonyl (C=O) groups is 1. The number of sulfonamides is 1. The van der Waals surface area contributed by atoms with E-state index in [0.29, 0.717) is 16.9 Å². The first-order chi connectivity index (χ1) is 15.6. The van der Waals surface area contributed by atoms with Crippen molar-refractivity contribution in [2.24, 2.45) is 0 Å². The first kappa shape index (κ1) is 27.7. The van der Waals surface area contributed by atoms with E-state index < -0.39 is 33.4 Å². The Labute approximate surface area is 202 Å². The van der Waals surface area contributed by atoms with Gasteiger partial charge in [0.15, 0.2) is 4.21 Å². The molecule has 0 aliphatic heterocycles. The molecule has 0 unspecified atom stereocenters. The van der Waals surface area contributed by atoms with Crippen LogP contribution in [-0.2, 0) is 22.0 Å². The molecule has 4 N–H and O–H groups in total. The van der Waals surface area contributed by atoms with Crippen LogP contribution in [0.25, 0.3) is 0 Å². The van der Waals surface area contributed by atoms with Crippen molar-refractivity contribution in [3.05, 3.63) is 39.3 Å². The molecule has 2 aromatic rings. The van der Waals surface area contributed by atoms with Crippen LogP contribution in [0.3, 0.4) is 0 Å². The van der Waals surface area contributed by atoms with Gasteiger partial charge in [-0.05, 0) is 37.3 Å². The number of aliphatic hydroxyl groups excluding tert-OH is 1. The summed E-state index contributed by atoms with van der Waals surface area (Å²) < 4.78 is 42.5. The summed E-state index contributed by atoms with van der Waals surface area (Å²) in [6.45, 7) is 9.48. The number of nitrogens with one attached hydrogen (secondary N) is 2. The number of rotatable bonds is 8. The number of benzene rings is 1. The standard InChI is InChI=1S/C22H29FN4O5S2/c1-11(2)14-9-13(10-24)17(23)16(12(3)4)18(14)26-21(29)27-34(31,32)19-15(7-8-28)25-20(33-19)22(5,6)30/h9,11-12,28,30H,7-8H2,1-6H3,(H2,26,27,29). The fraction of sp³-hybridized carbons (Fsp3) is 0.500.